The van der Waals surface area contributed by atoms with Crippen LogP contribution >= 0.6 is 0 Å². The lowest BCUT2D eigenvalue weighted by Gasteiger charge is -2.32. The second kappa shape index (κ2) is 4.92. The van der Waals surface area contributed by atoms with Crippen LogP contribution in [0.2, 0.25) is 0 Å². The Labute approximate surface area is 126 Å². The first-order valence-corrected chi connectivity index (χ1v) is 7.60. The molecular weight excluding hydrogens is 267 g/mol. The van der Waals surface area contributed by atoms with Crippen LogP contribution in [0.4, 0.5) is 0 Å². The van der Waals surface area contributed by atoms with E-state index in [4.69, 9.17) is 14.0 Å². The third-order valence-corrected chi connectivity index (χ3v) is 4.69. The van der Waals surface area contributed by atoms with Gasteiger partial charge in [0, 0.05) is 11.5 Å². The molecule has 0 spiro atoms. The van der Waals surface area contributed by atoms with Crippen LogP contribution in [0, 0.1) is 5.92 Å². The summed E-state index contributed by atoms with van der Waals surface area (Å²) >= 11 is 0. The standard InChI is InChI=1S/C16H23BO4/c1-15(2)16(3,4)21-17(20-15)13-8-7-12(9-14(13)18)19-10-11-5-6-11/h7-9,11,18H,5-6,10H2,1-4H3. The Balaban J connectivity index is 1.74. The maximum absolute atomic E-state index is 10.2. The van der Waals surface area contributed by atoms with Crippen molar-refractivity contribution in [1.29, 1.82) is 0 Å². The van der Waals surface area contributed by atoms with Crippen molar-refractivity contribution in [2.75, 3.05) is 6.61 Å². The molecule has 0 bridgehead atoms. The highest BCUT2D eigenvalue weighted by Gasteiger charge is 2.52. The molecule has 1 aliphatic heterocycles. The first-order chi connectivity index (χ1) is 9.78. The molecule has 1 aromatic rings. The number of hydrogen-bond acceptors (Lipinski definition) is 4. The summed E-state index contributed by atoms with van der Waals surface area (Å²) in [5.74, 6) is 1.54. The van der Waals surface area contributed by atoms with Crippen molar-refractivity contribution in [2.24, 2.45) is 5.92 Å². The molecule has 114 valence electrons. The van der Waals surface area contributed by atoms with E-state index in [2.05, 4.69) is 0 Å². The molecule has 21 heavy (non-hydrogen) atoms. The third-order valence-electron chi connectivity index (χ3n) is 4.69. The van der Waals surface area contributed by atoms with E-state index < -0.39 is 18.3 Å². The van der Waals surface area contributed by atoms with Crippen molar-refractivity contribution in [3.8, 4) is 11.5 Å². The monoisotopic (exact) mass is 290 g/mol. The fourth-order valence-electron chi connectivity index (χ4n) is 2.28. The van der Waals surface area contributed by atoms with Gasteiger partial charge < -0.3 is 19.2 Å². The summed E-state index contributed by atoms with van der Waals surface area (Å²) in [5.41, 5.74) is -0.177. The van der Waals surface area contributed by atoms with E-state index in [-0.39, 0.29) is 5.75 Å². The molecule has 5 heteroatoms. The van der Waals surface area contributed by atoms with Gasteiger partial charge in [-0.25, -0.2) is 0 Å². The number of phenolic OH excluding ortho intramolecular Hbond substituents is 1. The van der Waals surface area contributed by atoms with Gasteiger partial charge in [0.05, 0.1) is 17.8 Å². The van der Waals surface area contributed by atoms with Crippen LogP contribution in [0.3, 0.4) is 0 Å². The van der Waals surface area contributed by atoms with Gasteiger partial charge in [-0.05, 0) is 52.5 Å². The summed E-state index contributed by atoms with van der Waals surface area (Å²) < 4.78 is 17.6. The van der Waals surface area contributed by atoms with E-state index in [0.29, 0.717) is 17.1 Å². The maximum Gasteiger partial charge on any atom is 0.498 e. The lowest BCUT2D eigenvalue weighted by Crippen LogP contribution is -2.41. The fourth-order valence-corrected chi connectivity index (χ4v) is 2.28. The number of rotatable bonds is 4. The molecule has 1 N–H and O–H groups in total. The largest absolute Gasteiger partial charge is 0.508 e. The Bertz CT molecular complexity index is 521. The average Bonchev–Trinajstić information content (AvgIpc) is 3.15. The zero-order chi connectivity index (χ0) is 15.3. The van der Waals surface area contributed by atoms with Crippen molar-refractivity contribution >= 4 is 12.6 Å². The van der Waals surface area contributed by atoms with Gasteiger partial charge in [-0.3, -0.25) is 0 Å². The molecular formula is C16H23BO4. The highest BCUT2D eigenvalue weighted by molar-refractivity contribution is 6.63. The zero-order valence-corrected chi connectivity index (χ0v) is 13.2. The van der Waals surface area contributed by atoms with Crippen LogP contribution in [0.15, 0.2) is 18.2 Å². The lowest BCUT2D eigenvalue weighted by atomic mass is 9.78. The van der Waals surface area contributed by atoms with Crippen LogP contribution in [-0.2, 0) is 9.31 Å². The van der Waals surface area contributed by atoms with E-state index >= 15 is 0 Å². The summed E-state index contributed by atoms with van der Waals surface area (Å²) in [6.45, 7) is 8.72. The number of hydrogen-bond donors (Lipinski definition) is 1. The normalized spacial score (nSPS) is 23.3. The molecule has 0 unspecified atom stereocenters. The second-order valence-corrected chi connectivity index (χ2v) is 7.06. The molecule has 1 heterocycles. The van der Waals surface area contributed by atoms with Crippen LogP contribution in [0.1, 0.15) is 40.5 Å². The molecule has 1 saturated heterocycles. The highest BCUT2D eigenvalue weighted by Crippen LogP contribution is 2.37. The SMILES string of the molecule is CC1(C)OB(c2ccc(OCC3CC3)cc2O)OC1(C)C. The Kier molecular flexibility index (Phi) is 3.45. The molecule has 1 aliphatic carbocycles. The molecule has 1 aromatic carbocycles. The average molecular weight is 290 g/mol. The molecule has 0 aromatic heterocycles. The minimum Gasteiger partial charge on any atom is -0.508 e. The minimum absolute atomic E-state index is 0.154. The zero-order valence-electron chi connectivity index (χ0n) is 13.2. The Morgan fingerprint density at radius 2 is 1.81 bits per heavy atom. The molecule has 2 aliphatic rings. The number of aromatic hydroxyl groups is 1. The predicted molar refractivity (Wildman–Crippen MR) is 82.0 cm³/mol. The van der Waals surface area contributed by atoms with Crippen molar-refractivity contribution in [3.05, 3.63) is 18.2 Å². The Morgan fingerprint density at radius 3 is 2.33 bits per heavy atom. The van der Waals surface area contributed by atoms with Gasteiger partial charge >= 0.3 is 7.12 Å². The van der Waals surface area contributed by atoms with Gasteiger partial charge in [0.2, 0.25) is 0 Å². The Hall–Kier alpha value is -1.20. The van der Waals surface area contributed by atoms with E-state index in [1.54, 1.807) is 6.07 Å². The van der Waals surface area contributed by atoms with Gasteiger partial charge in [-0.15, -0.1) is 0 Å². The van der Waals surface area contributed by atoms with Crippen LogP contribution < -0.4 is 10.2 Å². The first-order valence-electron chi connectivity index (χ1n) is 7.60. The van der Waals surface area contributed by atoms with Crippen LogP contribution in [0.5, 0.6) is 11.5 Å². The minimum atomic E-state index is -0.549. The topological polar surface area (TPSA) is 47.9 Å². The maximum atomic E-state index is 10.2. The van der Waals surface area contributed by atoms with Crippen molar-refractivity contribution in [3.63, 3.8) is 0 Å². The summed E-state index contributed by atoms with van der Waals surface area (Å²) in [4.78, 5) is 0. The molecule has 0 radical (unpaired) electrons. The van der Waals surface area contributed by atoms with Gasteiger partial charge in [0.15, 0.2) is 0 Å². The molecule has 2 fully saturated rings. The van der Waals surface area contributed by atoms with E-state index in [0.717, 1.165) is 6.61 Å². The lowest BCUT2D eigenvalue weighted by molar-refractivity contribution is 0.00578. The number of benzene rings is 1. The summed E-state index contributed by atoms with van der Waals surface area (Å²) in [7, 11) is -0.549. The highest BCUT2D eigenvalue weighted by atomic mass is 16.7. The summed E-state index contributed by atoms with van der Waals surface area (Å²) in [6.07, 6.45) is 2.50. The van der Waals surface area contributed by atoms with Gasteiger partial charge in [-0.2, -0.15) is 0 Å². The summed E-state index contributed by atoms with van der Waals surface area (Å²) in [5, 5.41) is 10.2. The van der Waals surface area contributed by atoms with Crippen molar-refractivity contribution in [1.82, 2.24) is 0 Å². The van der Waals surface area contributed by atoms with Crippen LogP contribution in [-0.4, -0.2) is 30.0 Å². The smallest absolute Gasteiger partial charge is 0.498 e. The van der Waals surface area contributed by atoms with Gasteiger partial charge in [0.1, 0.15) is 11.5 Å². The number of phenols is 1. The molecule has 4 nitrogen and oxygen atoms in total. The van der Waals surface area contributed by atoms with E-state index in [9.17, 15) is 5.11 Å². The van der Waals surface area contributed by atoms with Crippen LogP contribution in [0.25, 0.3) is 0 Å². The molecule has 1 saturated carbocycles. The fraction of sp³-hybridized carbons (Fsp3) is 0.625. The number of ether oxygens (including phenoxy) is 1. The quantitative estimate of drug-likeness (QED) is 0.865. The van der Waals surface area contributed by atoms with E-state index in [1.807, 2.05) is 39.8 Å². The van der Waals surface area contributed by atoms with Gasteiger partial charge in [-0.1, -0.05) is 6.07 Å². The second-order valence-electron chi connectivity index (χ2n) is 7.06. The summed E-state index contributed by atoms with van der Waals surface area (Å²) in [6, 6.07) is 5.32. The Morgan fingerprint density at radius 1 is 1.19 bits per heavy atom. The third kappa shape index (κ3) is 2.90. The van der Waals surface area contributed by atoms with E-state index in [1.165, 1.54) is 12.8 Å². The molecule has 0 amide bonds. The van der Waals surface area contributed by atoms with Crippen molar-refractivity contribution < 1.29 is 19.2 Å². The molecule has 3 rings (SSSR count). The molecule has 0 atom stereocenters. The first kappa shape index (κ1) is 14.7. The predicted octanol–water partition coefficient (Wildman–Crippen LogP) is 2.48. The van der Waals surface area contributed by atoms with Gasteiger partial charge in [0.25, 0.3) is 0 Å². The van der Waals surface area contributed by atoms with Crippen molar-refractivity contribution in [2.45, 2.75) is 51.7 Å².